The molecule has 8 heteroatoms. The minimum atomic E-state index is -11.1. The summed E-state index contributed by atoms with van der Waals surface area (Å²) in [6.07, 6.45) is 0. The molecule has 0 aromatic carbocycles. The molecule has 0 heterocycles. The van der Waals surface area contributed by atoms with Gasteiger partial charge in [0.15, 0.2) is 0 Å². The second kappa shape index (κ2) is 2.54. The van der Waals surface area contributed by atoms with Gasteiger partial charge in [0.05, 0.1) is 28.2 Å². The van der Waals surface area contributed by atoms with Gasteiger partial charge < -0.3 is 4.48 Å². The van der Waals surface area contributed by atoms with E-state index in [1.165, 1.54) is 0 Å². The summed E-state index contributed by atoms with van der Waals surface area (Å²) in [7, 11) is 8.50. The van der Waals surface area contributed by atoms with Crippen LogP contribution in [0.3, 0.4) is 0 Å². The topological polar surface area (TPSA) is 0 Å². The molecule has 1 nitrogen and oxygen atoms in total. The Kier molecular flexibility index (Phi) is 3.10. The second-order valence-corrected chi connectivity index (χ2v) is 7.66. The maximum atomic E-state index is 9.91. The van der Waals surface area contributed by atoms with Crippen LogP contribution in [0.4, 0.5) is 20.8 Å². The van der Waals surface area contributed by atoms with E-state index in [1.807, 2.05) is 0 Å². The van der Waals surface area contributed by atoms with Gasteiger partial charge in [-0.25, -0.2) is 0 Å². The van der Waals surface area contributed by atoms with E-state index in [0.717, 1.165) is 4.48 Å². The maximum absolute atomic E-state index is 11.1. The number of halogens is 6. The van der Waals surface area contributed by atoms with Gasteiger partial charge in [-0.2, -0.15) is 0 Å². The van der Waals surface area contributed by atoms with Gasteiger partial charge in [-0.3, -0.25) is 0 Å². The van der Waals surface area contributed by atoms with E-state index in [0.29, 0.717) is 0 Å². The molecular formula is C4H12AsF6N. The standard InChI is InChI=1S/C4H12N.AsF6/c1-5(2,3)4;2-1(3,4,5,6)7/h1-4H3;/q+1;-1. The number of quaternary nitrogens is 1. The molecule has 0 atom stereocenters. The molecule has 0 aliphatic heterocycles. The Bertz CT molecular complexity index is 130. The molecule has 0 amide bonds. The molecule has 0 rings (SSSR count). The molecule has 0 fully saturated rings. The molecule has 80 valence electrons. The third-order valence-electron chi connectivity index (χ3n) is 0. The van der Waals surface area contributed by atoms with Crippen LogP contribution in [0.5, 0.6) is 0 Å². The fraction of sp³-hybridized carbons (Fsp3) is 1.00. The van der Waals surface area contributed by atoms with Crippen molar-refractivity contribution in [1.29, 1.82) is 0 Å². The van der Waals surface area contributed by atoms with Crippen molar-refractivity contribution in [3.8, 4) is 0 Å². The third-order valence-corrected chi connectivity index (χ3v) is 0. The zero-order valence-electron chi connectivity index (χ0n) is 7.16. The zero-order valence-corrected chi connectivity index (χ0v) is 9.04. The Morgan fingerprint density at radius 1 is 0.667 bits per heavy atom. The summed E-state index contributed by atoms with van der Waals surface area (Å²) in [5.41, 5.74) is 0. The first kappa shape index (κ1) is 14.6. The van der Waals surface area contributed by atoms with Gasteiger partial charge in [-0.1, -0.05) is 0 Å². The van der Waals surface area contributed by atoms with Crippen LogP contribution in [0, 0.1) is 0 Å². The van der Waals surface area contributed by atoms with Gasteiger partial charge >= 0.3 is 35.0 Å². The third kappa shape index (κ3) is 86300. The van der Waals surface area contributed by atoms with E-state index in [2.05, 4.69) is 28.2 Å². The normalized spacial score (nSPS) is 18.5. The van der Waals surface area contributed by atoms with Crippen LogP contribution in [0.1, 0.15) is 0 Å². The van der Waals surface area contributed by atoms with Gasteiger partial charge in [-0.15, -0.1) is 0 Å². The SMILES string of the molecule is C[N+](C)(C)C.F[As-](F)(F)(F)(F)F. The van der Waals surface area contributed by atoms with Crippen molar-refractivity contribution in [2.24, 2.45) is 0 Å². The molecule has 0 aliphatic carbocycles. The van der Waals surface area contributed by atoms with Gasteiger partial charge in [0.2, 0.25) is 0 Å². The molecule has 0 aromatic rings. The van der Waals surface area contributed by atoms with E-state index in [9.17, 15) is 20.8 Å². The minimum absolute atomic E-state index is 1.00. The van der Waals surface area contributed by atoms with Crippen molar-refractivity contribution < 1.29 is 25.3 Å². The monoisotopic (exact) mass is 263 g/mol. The van der Waals surface area contributed by atoms with Crippen LogP contribution in [0.25, 0.3) is 0 Å². The first-order chi connectivity index (χ1) is 4.45. The summed E-state index contributed by atoms with van der Waals surface area (Å²) in [6.45, 7) is 0. The molecule has 0 radical (unpaired) electrons. The van der Waals surface area contributed by atoms with E-state index in [-0.39, 0.29) is 0 Å². The predicted molar refractivity (Wildman–Crippen MR) is 36.4 cm³/mol. The Morgan fingerprint density at radius 2 is 0.667 bits per heavy atom. The molecule has 12 heavy (non-hydrogen) atoms. The van der Waals surface area contributed by atoms with Gasteiger partial charge in [0.1, 0.15) is 0 Å². The first-order valence-corrected chi connectivity index (χ1v) is 7.06. The molecule has 0 spiro atoms. The number of hydrogen-bond acceptors (Lipinski definition) is 0. The van der Waals surface area contributed by atoms with Crippen molar-refractivity contribution in [3.63, 3.8) is 0 Å². The summed E-state index contributed by atoms with van der Waals surface area (Å²) in [5, 5.41) is 0. The first-order valence-electron chi connectivity index (χ1n) is 2.80. The zero-order chi connectivity index (χ0) is 10.9. The van der Waals surface area contributed by atoms with Crippen molar-refractivity contribution >= 4 is 14.2 Å². The molecule has 0 bridgehead atoms. The van der Waals surface area contributed by atoms with E-state index in [4.69, 9.17) is 0 Å². The van der Waals surface area contributed by atoms with E-state index in [1.54, 1.807) is 0 Å². The fourth-order valence-corrected chi connectivity index (χ4v) is 0. The summed E-state index contributed by atoms with van der Waals surface area (Å²) in [4.78, 5) is 0. The van der Waals surface area contributed by atoms with Crippen molar-refractivity contribution in [2.75, 3.05) is 28.2 Å². The Morgan fingerprint density at radius 3 is 0.667 bits per heavy atom. The van der Waals surface area contributed by atoms with Crippen LogP contribution in [-0.2, 0) is 0 Å². The number of nitrogens with zero attached hydrogens (tertiary/aromatic N) is 1. The predicted octanol–water partition coefficient (Wildman–Crippen LogP) is 2.46. The summed E-state index contributed by atoms with van der Waals surface area (Å²) < 4.78 is 60.4. The van der Waals surface area contributed by atoms with Crippen LogP contribution in [0.2, 0.25) is 0 Å². The molecule has 0 aromatic heterocycles. The fourth-order valence-electron chi connectivity index (χ4n) is 0. The van der Waals surface area contributed by atoms with Crippen LogP contribution in [0.15, 0.2) is 0 Å². The van der Waals surface area contributed by atoms with Crippen molar-refractivity contribution in [2.45, 2.75) is 0 Å². The number of hydrogen-bond donors (Lipinski definition) is 0. The van der Waals surface area contributed by atoms with Gasteiger partial charge in [0.25, 0.3) is 0 Å². The molecule has 0 N–H and O–H groups in total. The Hall–Kier alpha value is 0.0984. The van der Waals surface area contributed by atoms with Crippen molar-refractivity contribution in [1.82, 2.24) is 0 Å². The summed E-state index contributed by atoms with van der Waals surface area (Å²) in [6, 6.07) is 0. The molecule has 0 aliphatic rings. The Balaban J connectivity index is 0. The molecule has 0 unspecified atom stereocenters. The average molecular weight is 263 g/mol. The van der Waals surface area contributed by atoms with Gasteiger partial charge in [-0.05, 0) is 0 Å². The van der Waals surface area contributed by atoms with Crippen molar-refractivity contribution in [3.05, 3.63) is 0 Å². The molecule has 0 saturated heterocycles. The average Bonchev–Trinajstić information content (AvgIpc) is 1.04. The number of rotatable bonds is 0. The van der Waals surface area contributed by atoms with Gasteiger partial charge in [0, 0.05) is 0 Å². The summed E-state index contributed by atoms with van der Waals surface area (Å²) in [5.74, 6) is 0. The molecular weight excluding hydrogens is 251 g/mol. The van der Waals surface area contributed by atoms with Crippen LogP contribution >= 0.6 is 0 Å². The quantitative estimate of drug-likeness (QED) is 0.358. The van der Waals surface area contributed by atoms with E-state index >= 15 is 0 Å². The second-order valence-electron chi connectivity index (χ2n) is 3.64. The van der Waals surface area contributed by atoms with E-state index < -0.39 is 14.2 Å². The van der Waals surface area contributed by atoms with Crippen LogP contribution < -0.4 is 0 Å². The van der Waals surface area contributed by atoms with Crippen LogP contribution in [-0.4, -0.2) is 46.8 Å². The molecule has 0 saturated carbocycles. The Labute approximate surface area is 68.4 Å². The summed E-state index contributed by atoms with van der Waals surface area (Å²) >= 11 is -11.1.